The molecular weight excluding hydrogens is 290 g/mol. The van der Waals surface area contributed by atoms with Gasteiger partial charge < -0.3 is 14.2 Å². The van der Waals surface area contributed by atoms with Crippen LogP contribution >= 0.6 is 0 Å². The maximum Gasteiger partial charge on any atom is 0.225 e. The van der Waals surface area contributed by atoms with Crippen molar-refractivity contribution in [2.45, 2.75) is 44.2 Å². The summed E-state index contributed by atoms with van der Waals surface area (Å²) >= 11 is 0. The van der Waals surface area contributed by atoms with E-state index in [1.807, 2.05) is 30.1 Å². The highest BCUT2D eigenvalue weighted by atomic mass is 16.5. The van der Waals surface area contributed by atoms with Crippen LogP contribution in [0.1, 0.15) is 44.0 Å². The van der Waals surface area contributed by atoms with Crippen LogP contribution in [0.3, 0.4) is 0 Å². The standard InChI is InChI=1S/C18H23N3O2/c1-20-15-8-3-2-7-14(15)19-18(20)16-9-4-10-21(16)17(22)12-13-6-5-11-23-13/h2-3,7-8,13,16H,4-6,9-12H2,1H3. The van der Waals surface area contributed by atoms with Crippen molar-refractivity contribution in [3.8, 4) is 0 Å². The number of benzene rings is 1. The first-order valence-corrected chi connectivity index (χ1v) is 8.56. The normalized spacial score (nSPS) is 24.7. The van der Waals surface area contributed by atoms with Crippen molar-refractivity contribution in [3.05, 3.63) is 30.1 Å². The summed E-state index contributed by atoms with van der Waals surface area (Å²) < 4.78 is 7.76. The number of amides is 1. The zero-order chi connectivity index (χ0) is 15.8. The molecule has 0 saturated carbocycles. The minimum absolute atomic E-state index is 0.0984. The van der Waals surface area contributed by atoms with Gasteiger partial charge in [0.05, 0.1) is 29.6 Å². The Morgan fingerprint density at radius 3 is 2.96 bits per heavy atom. The molecular formula is C18H23N3O2. The van der Waals surface area contributed by atoms with E-state index in [1.165, 1.54) is 0 Å². The molecule has 2 unspecified atom stereocenters. The first kappa shape index (κ1) is 14.7. The van der Waals surface area contributed by atoms with Crippen molar-refractivity contribution in [2.24, 2.45) is 7.05 Å². The summed E-state index contributed by atoms with van der Waals surface area (Å²) in [6.45, 7) is 1.63. The van der Waals surface area contributed by atoms with Gasteiger partial charge in [0, 0.05) is 20.2 Å². The highest BCUT2D eigenvalue weighted by molar-refractivity contribution is 5.78. The number of hydrogen-bond donors (Lipinski definition) is 0. The second kappa shape index (κ2) is 5.96. The number of para-hydroxylation sites is 2. The van der Waals surface area contributed by atoms with E-state index in [1.54, 1.807) is 0 Å². The monoisotopic (exact) mass is 313 g/mol. The SMILES string of the molecule is Cn1c(C2CCCN2C(=O)CC2CCCO2)nc2ccccc21. The maximum absolute atomic E-state index is 12.7. The van der Waals surface area contributed by atoms with Crippen LogP contribution in [0.15, 0.2) is 24.3 Å². The van der Waals surface area contributed by atoms with Gasteiger partial charge in [-0.15, -0.1) is 0 Å². The van der Waals surface area contributed by atoms with Gasteiger partial charge in [0.2, 0.25) is 5.91 Å². The number of nitrogens with zero attached hydrogens (tertiary/aromatic N) is 3. The molecule has 5 heteroatoms. The van der Waals surface area contributed by atoms with E-state index in [2.05, 4.69) is 10.6 Å². The quantitative estimate of drug-likeness (QED) is 0.875. The third-order valence-corrected chi connectivity index (χ3v) is 5.12. The van der Waals surface area contributed by atoms with Crippen molar-refractivity contribution in [1.82, 2.24) is 14.5 Å². The van der Waals surface area contributed by atoms with Crippen LogP contribution in [0, 0.1) is 0 Å². The van der Waals surface area contributed by atoms with Gasteiger partial charge in [-0.25, -0.2) is 4.98 Å². The number of fused-ring (bicyclic) bond motifs is 1. The van der Waals surface area contributed by atoms with E-state index in [-0.39, 0.29) is 18.1 Å². The molecule has 2 atom stereocenters. The Kier molecular flexibility index (Phi) is 3.81. The van der Waals surface area contributed by atoms with E-state index in [9.17, 15) is 4.79 Å². The van der Waals surface area contributed by atoms with Gasteiger partial charge in [0.1, 0.15) is 5.82 Å². The molecule has 1 aromatic carbocycles. The third-order valence-electron chi connectivity index (χ3n) is 5.12. The Balaban J connectivity index is 1.58. The van der Waals surface area contributed by atoms with Gasteiger partial charge in [-0.1, -0.05) is 12.1 Å². The number of aromatic nitrogens is 2. The van der Waals surface area contributed by atoms with Crippen molar-refractivity contribution in [3.63, 3.8) is 0 Å². The molecule has 122 valence electrons. The number of likely N-dealkylation sites (tertiary alicyclic amines) is 1. The molecule has 5 nitrogen and oxygen atoms in total. The lowest BCUT2D eigenvalue weighted by Gasteiger charge is -2.25. The van der Waals surface area contributed by atoms with Crippen LogP contribution in [-0.4, -0.2) is 39.6 Å². The zero-order valence-corrected chi connectivity index (χ0v) is 13.6. The molecule has 1 aromatic heterocycles. The van der Waals surface area contributed by atoms with Gasteiger partial charge in [0.25, 0.3) is 0 Å². The van der Waals surface area contributed by atoms with Crippen molar-refractivity contribution in [2.75, 3.05) is 13.2 Å². The fraction of sp³-hybridized carbons (Fsp3) is 0.556. The summed E-state index contributed by atoms with van der Waals surface area (Å²) in [5, 5.41) is 0. The van der Waals surface area contributed by atoms with Gasteiger partial charge in [-0.3, -0.25) is 4.79 Å². The number of hydrogen-bond acceptors (Lipinski definition) is 3. The molecule has 2 saturated heterocycles. The van der Waals surface area contributed by atoms with Crippen molar-refractivity contribution < 1.29 is 9.53 Å². The highest BCUT2D eigenvalue weighted by Crippen LogP contribution is 2.34. The zero-order valence-electron chi connectivity index (χ0n) is 13.6. The minimum atomic E-state index is 0.0984. The average Bonchev–Trinajstić information content (AvgIpc) is 3.27. The fourth-order valence-corrected chi connectivity index (χ4v) is 3.91. The lowest BCUT2D eigenvalue weighted by molar-refractivity contribution is -0.134. The first-order chi connectivity index (χ1) is 11.2. The first-order valence-electron chi connectivity index (χ1n) is 8.56. The molecule has 2 aliphatic heterocycles. The Morgan fingerprint density at radius 2 is 2.17 bits per heavy atom. The van der Waals surface area contributed by atoms with Crippen LogP contribution in [0.5, 0.6) is 0 Å². The summed E-state index contributed by atoms with van der Waals surface area (Å²) in [5.74, 6) is 1.22. The van der Waals surface area contributed by atoms with Crippen molar-refractivity contribution >= 4 is 16.9 Å². The molecule has 2 aromatic rings. The van der Waals surface area contributed by atoms with Crippen LogP contribution in [0.2, 0.25) is 0 Å². The molecule has 0 aliphatic carbocycles. The summed E-state index contributed by atoms with van der Waals surface area (Å²) in [6, 6.07) is 8.25. The smallest absolute Gasteiger partial charge is 0.225 e. The molecule has 0 bridgehead atoms. The molecule has 3 heterocycles. The number of rotatable bonds is 3. The lowest BCUT2D eigenvalue weighted by Crippen LogP contribution is -2.34. The Hall–Kier alpha value is -1.88. The summed E-state index contributed by atoms with van der Waals surface area (Å²) in [6.07, 6.45) is 4.76. The molecule has 0 radical (unpaired) electrons. The van der Waals surface area contributed by atoms with Crippen LogP contribution in [-0.2, 0) is 16.6 Å². The number of ether oxygens (including phenoxy) is 1. The van der Waals surface area contributed by atoms with E-state index in [0.29, 0.717) is 6.42 Å². The average molecular weight is 313 g/mol. The minimum Gasteiger partial charge on any atom is -0.378 e. The Morgan fingerprint density at radius 1 is 1.30 bits per heavy atom. The summed E-state index contributed by atoms with van der Waals surface area (Å²) in [5.41, 5.74) is 2.13. The summed E-state index contributed by atoms with van der Waals surface area (Å²) in [4.78, 5) is 19.5. The molecule has 0 spiro atoms. The molecule has 2 fully saturated rings. The number of aryl methyl sites for hydroxylation is 1. The van der Waals surface area contributed by atoms with Gasteiger partial charge in [-0.05, 0) is 37.8 Å². The molecule has 23 heavy (non-hydrogen) atoms. The second-order valence-electron chi connectivity index (χ2n) is 6.60. The second-order valence-corrected chi connectivity index (χ2v) is 6.60. The number of carbonyl (C=O) groups excluding carboxylic acids is 1. The van der Waals surface area contributed by atoms with Gasteiger partial charge in [0.15, 0.2) is 0 Å². The van der Waals surface area contributed by atoms with Gasteiger partial charge in [-0.2, -0.15) is 0 Å². The number of imidazole rings is 1. The van der Waals surface area contributed by atoms with E-state index in [0.717, 1.165) is 55.7 Å². The highest BCUT2D eigenvalue weighted by Gasteiger charge is 2.34. The van der Waals surface area contributed by atoms with Crippen LogP contribution < -0.4 is 0 Å². The summed E-state index contributed by atoms with van der Waals surface area (Å²) in [7, 11) is 2.05. The molecule has 4 rings (SSSR count). The Labute approximate surface area is 136 Å². The van der Waals surface area contributed by atoms with Crippen LogP contribution in [0.4, 0.5) is 0 Å². The maximum atomic E-state index is 12.7. The molecule has 0 N–H and O–H groups in total. The molecule has 2 aliphatic rings. The van der Waals surface area contributed by atoms with Crippen LogP contribution in [0.25, 0.3) is 11.0 Å². The topological polar surface area (TPSA) is 47.4 Å². The fourth-order valence-electron chi connectivity index (χ4n) is 3.91. The predicted molar refractivity (Wildman–Crippen MR) is 88.0 cm³/mol. The van der Waals surface area contributed by atoms with E-state index < -0.39 is 0 Å². The lowest BCUT2D eigenvalue weighted by atomic mass is 10.1. The molecule has 1 amide bonds. The third kappa shape index (κ3) is 2.63. The predicted octanol–water partition coefficient (Wildman–Crippen LogP) is 2.81. The largest absolute Gasteiger partial charge is 0.378 e. The van der Waals surface area contributed by atoms with E-state index in [4.69, 9.17) is 9.72 Å². The number of carbonyl (C=O) groups is 1. The van der Waals surface area contributed by atoms with Crippen molar-refractivity contribution in [1.29, 1.82) is 0 Å². The Bertz CT molecular complexity index is 718. The van der Waals surface area contributed by atoms with Gasteiger partial charge >= 0.3 is 0 Å². The van der Waals surface area contributed by atoms with E-state index >= 15 is 0 Å².